The lowest BCUT2D eigenvalue weighted by molar-refractivity contribution is -0.126. The van der Waals surface area contributed by atoms with Gasteiger partial charge >= 0.3 is 0 Å². The van der Waals surface area contributed by atoms with Crippen molar-refractivity contribution < 1.29 is 19.0 Å². The third-order valence-corrected chi connectivity index (χ3v) is 5.85. The van der Waals surface area contributed by atoms with Crippen LogP contribution < -0.4 is 9.64 Å². The molecule has 2 atom stereocenters. The largest absolute Gasteiger partial charge is 0.497 e. The molecule has 1 aliphatic rings. The van der Waals surface area contributed by atoms with Gasteiger partial charge < -0.3 is 19.6 Å². The lowest BCUT2D eigenvalue weighted by Crippen LogP contribution is -2.43. The molecule has 27 heavy (non-hydrogen) atoms. The summed E-state index contributed by atoms with van der Waals surface area (Å²) in [6, 6.07) is 11.6. The van der Waals surface area contributed by atoms with Gasteiger partial charge in [0.2, 0.25) is 0 Å². The average molecular weight is 390 g/mol. The standard InChI is InChI=1S/C20H23FN2O3S/c1-22(2)10-11-23-16-9-6-14(21)12-17(16)27-19(18(24)20(23)25)13-4-7-15(26-3)8-5-13/h4-9,12,18-19,24H,10-11H2,1-3H3/t18-,19+/m0/s1. The Morgan fingerprint density at radius 3 is 2.56 bits per heavy atom. The molecule has 3 rings (SSSR count). The summed E-state index contributed by atoms with van der Waals surface area (Å²) in [7, 11) is 5.41. The quantitative estimate of drug-likeness (QED) is 0.851. The molecule has 1 aliphatic heterocycles. The lowest BCUT2D eigenvalue weighted by atomic mass is 10.1. The molecular formula is C20H23FN2O3S. The SMILES string of the molecule is COc1ccc([C@H]2Sc3cc(F)ccc3N(CCN(C)C)C(=O)[C@H]2O)cc1. The maximum absolute atomic E-state index is 13.9. The van der Waals surface area contributed by atoms with Gasteiger partial charge in [-0.15, -0.1) is 11.8 Å². The molecule has 0 unspecified atom stereocenters. The Bertz CT molecular complexity index is 813. The highest BCUT2D eigenvalue weighted by molar-refractivity contribution is 7.99. The number of halogens is 1. The van der Waals surface area contributed by atoms with E-state index in [9.17, 15) is 14.3 Å². The van der Waals surface area contributed by atoms with E-state index < -0.39 is 11.4 Å². The number of rotatable bonds is 5. The number of anilines is 1. The third kappa shape index (κ3) is 4.26. The van der Waals surface area contributed by atoms with Gasteiger partial charge in [0, 0.05) is 18.0 Å². The highest BCUT2D eigenvalue weighted by Crippen LogP contribution is 2.46. The fourth-order valence-corrected chi connectivity index (χ4v) is 4.28. The van der Waals surface area contributed by atoms with E-state index >= 15 is 0 Å². The Balaban J connectivity index is 2.01. The molecule has 0 bridgehead atoms. The maximum Gasteiger partial charge on any atom is 0.257 e. The van der Waals surface area contributed by atoms with Gasteiger partial charge in [-0.2, -0.15) is 0 Å². The molecule has 0 saturated carbocycles. The first kappa shape index (κ1) is 19.7. The lowest BCUT2D eigenvalue weighted by Gasteiger charge is -2.26. The highest BCUT2D eigenvalue weighted by Gasteiger charge is 2.37. The number of benzene rings is 2. The van der Waals surface area contributed by atoms with Crippen molar-refractivity contribution in [3.63, 3.8) is 0 Å². The van der Waals surface area contributed by atoms with Crippen LogP contribution >= 0.6 is 11.8 Å². The minimum atomic E-state index is -1.24. The number of fused-ring (bicyclic) bond motifs is 1. The summed E-state index contributed by atoms with van der Waals surface area (Å²) in [5.41, 5.74) is 1.41. The van der Waals surface area contributed by atoms with Crippen LogP contribution in [0, 0.1) is 5.82 Å². The number of ether oxygens (including phenoxy) is 1. The summed E-state index contributed by atoms with van der Waals surface area (Å²) < 4.78 is 19.1. The second-order valence-corrected chi connectivity index (χ2v) is 7.85. The number of aliphatic hydroxyl groups is 1. The van der Waals surface area contributed by atoms with Crippen LogP contribution in [0.4, 0.5) is 10.1 Å². The van der Waals surface area contributed by atoms with E-state index in [4.69, 9.17) is 4.74 Å². The molecule has 7 heteroatoms. The number of hydrogen-bond donors (Lipinski definition) is 1. The molecule has 0 saturated heterocycles. The predicted molar refractivity (Wildman–Crippen MR) is 105 cm³/mol. The summed E-state index contributed by atoms with van der Waals surface area (Å²) in [5, 5.41) is 10.3. The molecule has 0 radical (unpaired) electrons. The average Bonchev–Trinajstić information content (AvgIpc) is 2.75. The van der Waals surface area contributed by atoms with E-state index in [0.29, 0.717) is 29.4 Å². The van der Waals surface area contributed by atoms with Crippen LogP contribution in [0.2, 0.25) is 0 Å². The van der Waals surface area contributed by atoms with Crippen LogP contribution in [-0.2, 0) is 4.79 Å². The Labute approximate surface area is 162 Å². The summed E-state index contributed by atoms with van der Waals surface area (Å²) in [6.07, 6.45) is -1.24. The molecule has 144 valence electrons. The van der Waals surface area contributed by atoms with Crippen LogP contribution in [-0.4, -0.2) is 56.3 Å². The van der Waals surface area contributed by atoms with Crippen molar-refractivity contribution in [2.75, 3.05) is 39.2 Å². The van der Waals surface area contributed by atoms with Gasteiger partial charge in [0.1, 0.15) is 17.7 Å². The number of hydrogen-bond acceptors (Lipinski definition) is 5. The molecular weight excluding hydrogens is 367 g/mol. The zero-order chi connectivity index (χ0) is 19.6. The van der Waals surface area contributed by atoms with Crippen molar-refractivity contribution in [1.29, 1.82) is 0 Å². The number of aliphatic hydroxyl groups excluding tert-OH is 1. The molecule has 1 amide bonds. The Hall–Kier alpha value is -2.09. The van der Waals surface area contributed by atoms with Crippen molar-refractivity contribution in [3.05, 3.63) is 53.8 Å². The predicted octanol–water partition coefficient (Wildman–Crippen LogP) is 2.94. The Morgan fingerprint density at radius 1 is 1.22 bits per heavy atom. The first-order chi connectivity index (χ1) is 12.9. The first-order valence-corrected chi connectivity index (χ1v) is 9.53. The molecule has 0 aliphatic carbocycles. The first-order valence-electron chi connectivity index (χ1n) is 8.65. The summed E-state index contributed by atoms with van der Waals surface area (Å²) in [4.78, 5) is 17.2. The van der Waals surface area contributed by atoms with Crippen molar-refractivity contribution in [1.82, 2.24) is 4.90 Å². The smallest absolute Gasteiger partial charge is 0.257 e. The number of carbonyl (C=O) groups is 1. The Kier molecular flexibility index (Phi) is 6.04. The number of carbonyl (C=O) groups excluding carboxylic acids is 1. The van der Waals surface area contributed by atoms with Crippen molar-refractivity contribution in [2.24, 2.45) is 0 Å². The second kappa shape index (κ2) is 8.29. The topological polar surface area (TPSA) is 53.0 Å². The molecule has 5 nitrogen and oxygen atoms in total. The van der Waals surface area contributed by atoms with E-state index in [1.807, 2.05) is 31.1 Å². The van der Waals surface area contributed by atoms with E-state index in [-0.39, 0.29) is 11.7 Å². The van der Waals surface area contributed by atoms with Crippen LogP contribution in [0.5, 0.6) is 5.75 Å². The van der Waals surface area contributed by atoms with Gasteiger partial charge in [0.05, 0.1) is 18.0 Å². The fourth-order valence-electron chi connectivity index (χ4n) is 2.99. The molecule has 2 aromatic carbocycles. The van der Waals surface area contributed by atoms with Crippen molar-refractivity contribution in [3.8, 4) is 5.75 Å². The van der Waals surface area contributed by atoms with Gasteiger partial charge in [0.15, 0.2) is 0 Å². The van der Waals surface area contributed by atoms with Crippen LogP contribution in [0.25, 0.3) is 0 Å². The summed E-state index contributed by atoms with van der Waals surface area (Å²) >= 11 is 1.30. The fraction of sp³-hybridized carbons (Fsp3) is 0.350. The van der Waals surface area contributed by atoms with E-state index in [2.05, 4.69) is 0 Å². The molecule has 0 aromatic heterocycles. The zero-order valence-electron chi connectivity index (χ0n) is 15.6. The van der Waals surface area contributed by atoms with Gasteiger partial charge in [-0.25, -0.2) is 4.39 Å². The molecule has 1 N–H and O–H groups in total. The number of nitrogens with zero attached hydrogens (tertiary/aromatic N) is 2. The number of thioether (sulfide) groups is 1. The monoisotopic (exact) mass is 390 g/mol. The summed E-state index contributed by atoms with van der Waals surface area (Å²) in [5.74, 6) is -0.0566. The van der Waals surface area contributed by atoms with E-state index in [0.717, 1.165) is 5.56 Å². The van der Waals surface area contributed by atoms with Crippen LogP contribution in [0.3, 0.4) is 0 Å². The molecule has 1 heterocycles. The highest BCUT2D eigenvalue weighted by atomic mass is 32.2. The molecule has 0 fully saturated rings. The minimum Gasteiger partial charge on any atom is -0.497 e. The van der Waals surface area contributed by atoms with Gasteiger partial charge in [-0.3, -0.25) is 4.79 Å². The minimum absolute atomic E-state index is 0.369. The van der Waals surface area contributed by atoms with Crippen LogP contribution in [0.15, 0.2) is 47.4 Å². The second-order valence-electron chi connectivity index (χ2n) is 6.66. The van der Waals surface area contributed by atoms with Crippen molar-refractivity contribution in [2.45, 2.75) is 16.2 Å². The van der Waals surface area contributed by atoms with Crippen molar-refractivity contribution >= 4 is 23.4 Å². The normalized spacial score (nSPS) is 19.8. The Morgan fingerprint density at radius 2 is 1.93 bits per heavy atom. The zero-order valence-corrected chi connectivity index (χ0v) is 16.4. The van der Waals surface area contributed by atoms with E-state index in [1.165, 1.54) is 23.9 Å². The number of methoxy groups -OCH3 is 1. The number of amides is 1. The van der Waals surface area contributed by atoms with Gasteiger partial charge in [0.25, 0.3) is 5.91 Å². The number of likely N-dealkylation sites (N-methyl/N-ethyl adjacent to an activating group) is 1. The molecule has 0 spiro atoms. The molecule has 2 aromatic rings. The third-order valence-electron chi connectivity index (χ3n) is 4.49. The maximum atomic E-state index is 13.9. The van der Waals surface area contributed by atoms with Crippen LogP contribution in [0.1, 0.15) is 10.8 Å². The summed E-state index contributed by atoms with van der Waals surface area (Å²) in [6.45, 7) is 1.05. The van der Waals surface area contributed by atoms with Gasteiger partial charge in [-0.1, -0.05) is 12.1 Å². The van der Waals surface area contributed by atoms with Gasteiger partial charge in [-0.05, 0) is 50.0 Å². The van der Waals surface area contributed by atoms with E-state index in [1.54, 1.807) is 30.2 Å².